The lowest BCUT2D eigenvalue weighted by Crippen LogP contribution is -2.42. The van der Waals surface area contributed by atoms with E-state index in [1.165, 1.54) is 10.8 Å². The zero-order chi connectivity index (χ0) is 23.3. The lowest BCUT2D eigenvalue weighted by atomic mass is 10.1. The Morgan fingerprint density at radius 2 is 1.81 bits per heavy atom. The van der Waals surface area contributed by atoms with Crippen molar-refractivity contribution in [2.75, 3.05) is 0 Å². The van der Waals surface area contributed by atoms with Crippen LogP contribution in [0.3, 0.4) is 0 Å². The van der Waals surface area contributed by atoms with Crippen molar-refractivity contribution in [2.24, 2.45) is 0 Å². The monoisotopic (exact) mass is 456 g/mol. The Hall–Kier alpha value is -3.46. The van der Waals surface area contributed by atoms with E-state index in [0.29, 0.717) is 40.3 Å². The lowest BCUT2D eigenvalue weighted by molar-refractivity contribution is -0.117. The fourth-order valence-corrected chi connectivity index (χ4v) is 3.53. The number of unbranched alkanes of at least 4 members (excludes halogenated alkanes) is 1. The van der Waals surface area contributed by atoms with Gasteiger partial charge in [0.1, 0.15) is 5.15 Å². The molecule has 0 unspecified atom stereocenters. The average Bonchev–Trinajstić information content (AvgIpc) is 3.07. The molecule has 32 heavy (non-hydrogen) atoms. The van der Waals surface area contributed by atoms with Gasteiger partial charge in [-0.3, -0.25) is 29.9 Å². The SMILES string of the molecule is CCCCn1nc(C)c(/C=C/C(=O)NNC(=O)c2nn(CC)c(=O)c3ccccc23)c1Cl. The average molecular weight is 457 g/mol. The van der Waals surface area contributed by atoms with Gasteiger partial charge < -0.3 is 0 Å². The molecule has 0 aliphatic rings. The fourth-order valence-electron chi connectivity index (χ4n) is 3.21. The van der Waals surface area contributed by atoms with Gasteiger partial charge >= 0.3 is 0 Å². The number of hydrazine groups is 1. The Labute approximate surface area is 190 Å². The number of carbonyl (C=O) groups excluding carboxylic acids is 2. The number of nitrogens with zero attached hydrogens (tertiary/aromatic N) is 4. The number of benzene rings is 1. The molecule has 9 nitrogen and oxygen atoms in total. The molecule has 0 saturated heterocycles. The summed E-state index contributed by atoms with van der Waals surface area (Å²) in [7, 11) is 0. The van der Waals surface area contributed by atoms with Crippen LogP contribution in [0.15, 0.2) is 35.1 Å². The van der Waals surface area contributed by atoms with Gasteiger partial charge in [-0.1, -0.05) is 43.1 Å². The molecular weight excluding hydrogens is 432 g/mol. The van der Waals surface area contributed by atoms with E-state index in [1.807, 2.05) is 6.92 Å². The molecule has 2 N–H and O–H groups in total. The topological polar surface area (TPSA) is 111 Å². The van der Waals surface area contributed by atoms with Gasteiger partial charge in [-0.25, -0.2) is 4.68 Å². The van der Waals surface area contributed by atoms with Gasteiger partial charge in [0.2, 0.25) is 0 Å². The molecule has 3 aromatic rings. The first-order valence-electron chi connectivity index (χ1n) is 10.4. The first kappa shape index (κ1) is 23.2. The maximum Gasteiger partial charge on any atom is 0.290 e. The van der Waals surface area contributed by atoms with E-state index in [-0.39, 0.29) is 11.3 Å². The molecule has 0 bridgehead atoms. The summed E-state index contributed by atoms with van der Waals surface area (Å²) >= 11 is 6.36. The summed E-state index contributed by atoms with van der Waals surface area (Å²) in [6.07, 6.45) is 4.78. The molecule has 0 fully saturated rings. The van der Waals surface area contributed by atoms with Crippen molar-refractivity contribution in [2.45, 2.75) is 46.7 Å². The van der Waals surface area contributed by atoms with Crippen molar-refractivity contribution in [3.05, 3.63) is 62.8 Å². The van der Waals surface area contributed by atoms with Crippen molar-refractivity contribution in [3.63, 3.8) is 0 Å². The van der Waals surface area contributed by atoms with Crippen LogP contribution >= 0.6 is 11.6 Å². The molecule has 1 aromatic carbocycles. The molecule has 2 amide bonds. The highest BCUT2D eigenvalue weighted by atomic mass is 35.5. The minimum absolute atomic E-state index is 0.0439. The number of amides is 2. The highest BCUT2D eigenvalue weighted by molar-refractivity contribution is 6.31. The molecule has 168 valence electrons. The summed E-state index contributed by atoms with van der Waals surface area (Å²) in [4.78, 5) is 37.3. The molecule has 10 heteroatoms. The molecular formula is C22H25ClN6O3. The highest BCUT2D eigenvalue weighted by Crippen LogP contribution is 2.21. The number of carbonyl (C=O) groups is 2. The van der Waals surface area contributed by atoms with Crippen LogP contribution in [0.4, 0.5) is 0 Å². The van der Waals surface area contributed by atoms with Gasteiger partial charge in [0, 0.05) is 30.1 Å². The van der Waals surface area contributed by atoms with Gasteiger partial charge in [-0.2, -0.15) is 10.2 Å². The van der Waals surface area contributed by atoms with Crippen LogP contribution in [-0.4, -0.2) is 31.4 Å². The number of aromatic nitrogens is 4. The fraction of sp³-hybridized carbons (Fsp3) is 0.318. The van der Waals surface area contributed by atoms with E-state index in [2.05, 4.69) is 28.0 Å². The van der Waals surface area contributed by atoms with E-state index >= 15 is 0 Å². The molecule has 0 radical (unpaired) electrons. The maximum atomic E-state index is 12.7. The van der Waals surface area contributed by atoms with Gasteiger partial charge in [0.05, 0.1) is 11.1 Å². The number of fused-ring (bicyclic) bond motifs is 1. The summed E-state index contributed by atoms with van der Waals surface area (Å²) < 4.78 is 2.92. The maximum absolute atomic E-state index is 12.7. The van der Waals surface area contributed by atoms with Crippen LogP contribution < -0.4 is 16.4 Å². The Bertz CT molecular complexity index is 1240. The molecule has 0 saturated carbocycles. The Morgan fingerprint density at radius 3 is 2.50 bits per heavy atom. The van der Waals surface area contributed by atoms with Crippen molar-refractivity contribution < 1.29 is 9.59 Å². The number of hydrogen-bond donors (Lipinski definition) is 2. The first-order chi connectivity index (χ1) is 15.4. The largest absolute Gasteiger partial charge is 0.290 e. The second-order valence-electron chi connectivity index (χ2n) is 7.16. The van der Waals surface area contributed by atoms with E-state index in [4.69, 9.17) is 11.6 Å². The van der Waals surface area contributed by atoms with Gasteiger partial charge in [-0.15, -0.1) is 0 Å². The number of nitrogens with one attached hydrogen (secondary N) is 2. The summed E-state index contributed by atoms with van der Waals surface area (Å²) in [5.74, 6) is -1.19. The molecule has 0 aliphatic carbocycles. The summed E-state index contributed by atoms with van der Waals surface area (Å²) in [6.45, 7) is 6.67. The molecule has 2 heterocycles. The van der Waals surface area contributed by atoms with Crippen LogP contribution in [-0.2, 0) is 17.9 Å². The normalized spacial score (nSPS) is 11.2. The second-order valence-corrected chi connectivity index (χ2v) is 7.52. The molecule has 0 spiro atoms. The van der Waals surface area contributed by atoms with Crippen molar-refractivity contribution in [1.82, 2.24) is 30.4 Å². The molecule has 0 aliphatic heterocycles. The first-order valence-corrected chi connectivity index (χ1v) is 10.8. The highest BCUT2D eigenvalue weighted by Gasteiger charge is 2.16. The standard InChI is InChI=1S/C22H25ClN6O3/c1-4-6-13-29-20(23)15(14(3)26-29)11-12-18(30)24-25-21(31)19-16-9-7-8-10-17(16)22(32)28(5-2)27-19/h7-12H,4-6,13H2,1-3H3,(H,24,30)(H,25,31)/b12-11+. The van der Waals surface area contributed by atoms with E-state index in [9.17, 15) is 14.4 Å². The van der Waals surface area contributed by atoms with Crippen LogP contribution in [0, 0.1) is 6.92 Å². The third-order valence-corrected chi connectivity index (χ3v) is 5.31. The quantitative estimate of drug-likeness (QED) is 0.419. The van der Waals surface area contributed by atoms with E-state index in [0.717, 1.165) is 12.8 Å². The van der Waals surface area contributed by atoms with Crippen LogP contribution in [0.25, 0.3) is 16.8 Å². The van der Waals surface area contributed by atoms with Crippen molar-refractivity contribution >= 4 is 40.3 Å². The zero-order valence-corrected chi connectivity index (χ0v) is 18.9. The molecule has 3 rings (SSSR count). The third kappa shape index (κ3) is 4.88. The predicted molar refractivity (Wildman–Crippen MR) is 123 cm³/mol. The lowest BCUT2D eigenvalue weighted by Gasteiger charge is -2.10. The molecule has 2 aromatic heterocycles. The van der Waals surface area contributed by atoms with Gasteiger partial charge in [0.25, 0.3) is 17.4 Å². The van der Waals surface area contributed by atoms with Gasteiger partial charge in [0.15, 0.2) is 5.69 Å². The Morgan fingerprint density at radius 1 is 1.09 bits per heavy atom. The smallest absolute Gasteiger partial charge is 0.268 e. The van der Waals surface area contributed by atoms with Crippen LogP contribution in [0.5, 0.6) is 0 Å². The van der Waals surface area contributed by atoms with Crippen LogP contribution in [0.1, 0.15) is 48.4 Å². The second kappa shape index (κ2) is 10.2. The minimum Gasteiger partial charge on any atom is -0.268 e. The summed E-state index contributed by atoms with van der Waals surface area (Å²) in [5.41, 5.74) is 5.78. The van der Waals surface area contributed by atoms with E-state index in [1.54, 1.807) is 41.9 Å². The third-order valence-electron chi connectivity index (χ3n) is 4.92. The molecule has 0 atom stereocenters. The van der Waals surface area contributed by atoms with E-state index < -0.39 is 11.8 Å². The number of halogens is 1. The van der Waals surface area contributed by atoms with Crippen LogP contribution in [0.2, 0.25) is 5.15 Å². The minimum atomic E-state index is -0.633. The predicted octanol–water partition coefficient (Wildman–Crippen LogP) is 2.85. The Balaban J connectivity index is 1.72. The Kier molecular flexibility index (Phi) is 7.42. The zero-order valence-electron chi connectivity index (χ0n) is 18.2. The van der Waals surface area contributed by atoms with Crippen molar-refractivity contribution in [3.8, 4) is 0 Å². The number of aryl methyl sites for hydroxylation is 3. The summed E-state index contributed by atoms with van der Waals surface area (Å²) in [6, 6.07) is 6.71. The number of hydrogen-bond acceptors (Lipinski definition) is 5. The van der Waals surface area contributed by atoms with Crippen molar-refractivity contribution in [1.29, 1.82) is 0 Å². The summed E-state index contributed by atoms with van der Waals surface area (Å²) in [5, 5.41) is 9.77. The number of rotatable bonds is 7. The van der Waals surface area contributed by atoms with Gasteiger partial charge in [-0.05, 0) is 32.4 Å².